The lowest BCUT2D eigenvalue weighted by Crippen LogP contribution is -1.95. The van der Waals surface area contributed by atoms with Gasteiger partial charge in [0, 0.05) is 55.6 Å². The zero-order valence-electron chi connectivity index (χ0n) is 28.8. The SMILES string of the molecule is c1ccc(-c2ccc(-n3ccc4c3ccc3c5ccccc5n(-c5ccc(-c6cccc7c6oc6c(-c8ccccc8)cccc67)cc5)c34)cc2)cc1. The number of furan rings is 1. The van der Waals surface area contributed by atoms with Crippen molar-refractivity contribution in [2.75, 3.05) is 0 Å². The molecular weight excluding hydrogens is 645 g/mol. The molecule has 0 spiro atoms. The zero-order valence-corrected chi connectivity index (χ0v) is 28.8. The molecule has 0 aliphatic heterocycles. The topological polar surface area (TPSA) is 23.0 Å². The minimum absolute atomic E-state index is 0.912. The number of aromatic nitrogens is 2. The van der Waals surface area contributed by atoms with Crippen molar-refractivity contribution in [2.24, 2.45) is 0 Å². The predicted molar refractivity (Wildman–Crippen MR) is 221 cm³/mol. The summed E-state index contributed by atoms with van der Waals surface area (Å²) in [7, 11) is 0. The van der Waals surface area contributed by atoms with Gasteiger partial charge in [-0.15, -0.1) is 0 Å². The molecule has 3 heterocycles. The molecule has 0 saturated heterocycles. The quantitative estimate of drug-likeness (QED) is 0.178. The first-order chi connectivity index (χ1) is 26.3. The first-order valence-electron chi connectivity index (χ1n) is 18.1. The molecule has 3 aromatic heterocycles. The second-order valence-electron chi connectivity index (χ2n) is 13.7. The molecule has 0 saturated carbocycles. The van der Waals surface area contributed by atoms with Crippen LogP contribution in [0.15, 0.2) is 199 Å². The molecule has 0 aliphatic carbocycles. The van der Waals surface area contributed by atoms with E-state index in [1.54, 1.807) is 0 Å². The summed E-state index contributed by atoms with van der Waals surface area (Å²) in [6.07, 6.45) is 2.20. The highest BCUT2D eigenvalue weighted by Gasteiger charge is 2.19. The molecule has 0 aliphatic rings. The summed E-state index contributed by atoms with van der Waals surface area (Å²) in [4.78, 5) is 0. The molecule has 11 aromatic rings. The van der Waals surface area contributed by atoms with Gasteiger partial charge in [0.25, 0.3) is 0 Å². The Morgan fingerprint density at radius 1 is 0.321 bits per heavy atom. The van der Waals surface area contributed by atoms with E-state index in [9.17, 15) is 0 Å². The number of para-hydroxylation sites is 3. The molecule has 0 amide bonds. The van der Waals surface area contributed by atoms with Crippen LogP contribution in [0.5, 0.6) is 0 Å². The first kappa shape index (κ1) is 29.6. The number of benzene rings is 8. The average molecular weight is 677 g/mol. The lowest BCUT2D eigenvalue weighted by molar-refractivity contribution is 0.671. The van der Waals surface area contributed by atoms with Crippen molar-refractivity contribution in [2.45, 2.75) is 0 Å². The van der Waals surface area contributed by atoms with E-state index in [1.165, 1.54) is 43.8 Å². The molecule has 0 N–H and O–H groups in total. The fourth-order valence-electron chi connectivity index (χ4n) is 8.30. The normalized spacial score (nSPS) is 11.8. The maximum Gasteiger partial charge on any atom is 0.143 e. The number of rotatable bonds is 5. The van der Waals surface area contributed by atoms with E-state index >= 15 is 0 Å². The summed E-state index contributed by atoms with van der Waals surface area (Å²) in [5, 5.41) is 5.97. The highest BCUT2D eigenvalue weighted by Crippen LogP contribution is 2.41. The standard InChI is InChI=1S/C50H32N2O/c1-3-11-33(12-4-1)34-21-25-37(26-22-34)51-32-31-45-46(51)30-29-42-41-15-7-8-20-47(41)52(48(42)45)38-27-23-36(24-28-38)40-17-10-19-44-43-18-9-16-39(49(43)53-50(40)44)35-13-5-2-6-14-35/h1-32H. The summed E-state index contributed by atoms with van der Waals surface area (Å²) in [5.41, 5.74) is 14.6. The Balaban J connectivity index is 1.04. The van der Waals surface area contributed by atoms with Crippen molar-refractivity contribution in [1.29, 1.82) is 0 Å². The van der Waals surface area contributed by atoms with Crippen molar-refractivity contribution in [3.63, 3.8) is 0 Å². The molecule has 3 heteroatoms. The van der Waals surface area contributed by atoms with Crippen LogP contribution in [-0.4, -0.2) is 9.13 Å². The monoisotopic (exact) mass is 676 g/mol. The third-order valence-electron chi connectivity index (χ3n) is 10.8. The van der Waals surface area contributed by atoms with Gasteiger partial charge < -0.3 is 13.6 Å². The molecule has 0 bridgehead atoms. The van der Waals surface area contributed by atoms with Gasteiger partial charge in [-0.2, -0.15) is 0 Å². The van der Waals surface area contributed by atoms with Gasteiger partial charge >= 0.3 is 0 Å². The summed E-state index contributed by atoms with van der Waals surface area (Å²) < 4.78 is 11.5. The summed E-state index contributed by atoms with van der Waals surface area (Å²) >= 11 is 0. The van der Waals surface area contributed by atoms with Crippen LogP contribution in [0, 0.1) is 0 Å². The molecule has 0 fully saturated rings. The third-order valence-corrected chi connectivity index (χ3v) is 10.8. The van der Waals surface area contributed by atoms with Crippen LogP contribution in [0.4, 0.5) is 0 Å². The lowest BCUT2D eigenvalue weighted by atomic mass is 10.00. The van der Waals surface area contributed by atoms with Crippen LogP contribution in [0.3, 0.4) is 0 Å². The Morgan fingerprint density at radius 2 is 0.868 bits per heavy atom. The second kappa shape index (κ2) is 11.7. The van der Waals surface area contributed by atoms with Crippen molar-refractivity contribution < 1.29 is 4.42 Å². The van der Waals surface area contributed by atoms with Gasteiger partial charge in [0.05, 0.1) is 16.6 Å². The van der Waals surface area contributed by atoms with E-state index in [0.29, 0.717) is 0 Å². The average Bonchev–Trinajstić information content (AvgIpc) is 3.94. The summed E-state index contributed by atoms with van der Waals surface area (Å²) in [6.45, 7) is 0. The molecule has 11 rings (SSSR count). The van der Waals surface area contributed by atoms with E-state index in [4.69, 9.17) is 4.42 Å². The Morgan fingerprint density at radius 3 is 1.57 bits per heavy atom. The zero-order chi connectivity index (χ0) is 34.9. The van der Waals surface area contributed by atoms with Crippen molar-refractivity contribution in [1.82, 2.24) is 9.13 Å². The van der Waals surface area contributed by atoms with E-state index in [2.05, 4.69) is 197 Å². The molecule has 8 aromatic carbocycles. The Kier molecular flexibility index (Phi) is 6.55. The van der Waals surface area contributed by atoms with E-state index in [0.717, 1.165) is 55.6 Å². The summed E-state index contributed by atoms with van der Waals surface area (Å²) in [6, 6.07) is 67.3. The molecule has 248 valence electrons. The molecule has 0 atom stereocenters. The lowest BCUT2D eigenvalue weighted by Gasteiger charge is -2.11. The van der Waals surface area contributed by atoms with Gasteiger partial charge in [0.15, 0.2) is 0 Å². The van der Waals surface area contributed by atoms with E-state index < -0.39 is 0 Å². The smallest absolute Gasteiger partial charge is 0.143 e. The Hall–Kier alpha value is -7.10. The van der Waals surface area contributed by atoms with Gasteiger partial charge in [-0.1, -0.05) is 146 Å². The highest BCUT2D eigenvalue weighted by atomic mass is 16.3. The largest absolute Gasteiger partial charge is 0.455 e. The van der Waals surface area contributed by atoms with Crippen LogP contribution in [0.1, 0.15) is 0 Å². The Bertz CT molecular complexity index is 3130. The van der Waals surface area contributed by atoms with E-state index in [1.807, 2.05) is 6.07 Å². The fourth-order valence-corrected chi connectivity index (χ4v) is 8.30. The van der Waals surface area contributed by atoms with Gasteiger partial charge in [0.1, 0.15) is 11.2 Å². The number of fused-ring (bicyclic) bond motifs is 8. The van der Waals surface area contributed by atoms with Crippen LogP contribution in [0.2, 0.25) is 0 Å². The maximum absolute atomic E-state index is 6.75. The van der Waals surface area contributed by atoms with Crippen molar-refractivity contribution >= 4 is 54.6 Å². The molecule has 53 heavy (non-hydrogen) atoms. The van der Waals surface area contributed by atoms with Crippen LogP contribution in [-0.2, 0) is 0 Å². The number of nitrogens with zero attached hydrogens (tertiary/aromatic N) is 2. The second-order valence-corrected chi connectivity index (χ2v) is 13.7. The van der Waals surface area contributed by atoms with Crippen LogP contribution >= 0.6 is 0 Å². The van der Waals surface area contributed by atoms with Crippen molar-refractivity contribution in [3.8, 4) is 44.8 Å². The number of hydrogen-bond donors (Lipinski definition) is 0. The van der Waals surface area contributed by atoms with Gasteiger partial charge in [-0.25, -0.2) is 0 Å². The maximum atomic E-state index is 6.75. The van der Waals surface area contributed by atoms with E-state index in [-0.39, 0.29) is 0 Å². The predicted octanol–water partition coefficient (Wildman–Crippen LogP) is 13.6. The third kappa shape index (κ3) is 4.61. The molecule has 0 unspecified atom stereocenters. The van der Waals surface area contributed by atoms with Gasteiger partial charge in [0.2, 0.25) is 0 Å². The Labute approximate surface area is 306 Å². The van der Waals surface area contributed by atoms with Crippen LogP contribution in [0.25, 0.3) is 99.4 Å². The minimum Gasteiger partial charge on any atom is -0.455 e. The highest BCUT2D eigenvalue weighted by molar-refractivity contribution is 6.18. The van der Waals surface area contributed by atoms with Gasteiger partial charge in [-0.3, -0.25) is 0 Å². The first-order valence-corrected chi connectivity index (χ1v) is 18.1. The molecule has 0 radical (unpaired) electrons. The fraction of sp³-hybridized carbons (Fsp3) is 0. The van der Waals surface area contributed by atoms with Crippen molar-refractivity contribution in [3.05, 3.63) is 194 Å². The van der Waals surface area contributed by atoms with Crippen LogP contribution < -0.4 is 0 Å². The number of hydrogen-bond acceptors (Lipinski definition) is 1. The molecule has 3 nitrogen and oxygen atoms in total. The van der Waals surface area contributed by atoms with Gasteiger partial charge in [-0.05, 0) is 64.7 Å². The summed E-state index contributed by atoms with van der Waals surface area (Å²) in [5.74, 6) is 0. The minimum atomic E-state index is 0.912. The molecular formula is C50H32N2O.